The summed E-state index contributed by atoms with van der Waals surface area (Å²) in [5.74, 6) is -0.638. The first kappa shape index (κ1) is 11.7. The number of nitrogens with one attached hydrogen (secondary N) is 1. The van der Waals surface area contributed by atoms with Crippen molar-refractivity contribution in [3.63, 3.8) is 0 Å². The highest BCUT2D eigenvalue weighted by Crippen LogP contribution is 2.04. The highest BCUT2D eigenvalue weighted by Gasteiger charge is 2.08. The molecule has 1 N–H and O–H groups in total. The molecule has 0 aliphatic heterocycles. The lowest BCUT2D eigenvalue weighted by atomic mass is 10.3. The molecule has 16 heavy (non-hydrogen) atoms. The number of anilines is 1. The zero-order valence-corrected chi connectivity index (χ0v) is 8.80. The minimum absolute atomic E-state index is 0.0781. The van der Waals surface area contributed by atoms with Crippen LogP contribution in [0, 0.1) is 11.3 Å². The van der Waals surface area contributed by atoms with Gasteiger partial charge in [0, 0.05) is 12.4 Å². The number of hydrogen-bond donors (Lipinski definition) is 1. The molecule has 0 radical (unpaired) electrons. The number of rotatable bonds is 4. The molecule has 0 fully saturated rings. The van der Waals surface area contributed by atoms with E-state index < -0.39 is 5.97 Å². The molecule has 0 atom stereocenters. The van der Waals surface area contributed by atoms with Gasteiger partial charge >= 0.3 is 5.97 Å². The van der Waals surface area contributed by atoms with Crippen molar-refractivity contribution in [1.29, 1.82) is 5.26 Å². The Hall–Kier alpha value is -2.35. The second kappa shape index (κ2) is 6.19. The topological polar surface area (TPSA) is 75.0 Å². The summed E-state index contributed by atoms with van der Waals surface area (Å²) in [5, 5.41) is 11.5. The Morgan fingerprint density at radius 3 is 3.12 bits per heavy atom. The third-order valence-electron chi connectivity index (χ3n) is 1.66. The predicted molar refractivity (Wildman–Crippen MR) is 58.2 cm³/mol. The van der Waals surface area contributed by atoms with E-state index in [1.807, 2.05) is 0 Å². The van der Waals surface area contributed by atoms with Crippen molar-refractivity contribution in [2.45, 2.75) is 6.92 Å². The van der Waals surface area contributed by atoms with Crippen LogP contribution in [-0.2, 0) is 9.53 Å². The van der Waals surface area contributed by atoms with Crippen LogP contribution in [0.1, 0.15) is 6.92 Å². The van der Waals surface area contributed by atoms with E-state index in [1.54, 1.807) is 37.5 Å². The van der Waals surface area contributed by atoms with Gasteiger partial charge in [-0.2, -0.15) is 5.26 Å². The van der Waals surface area contributed by atoms with Crippen molar-refractivity contribution in [3.05, 3.63) is 36.3 Å². The molecule has 0 aromatic carbocycles. The van der Waals surface area contributed by atoms with Gasteiger partial charge in [-0.05, 0) is 19.1 Å². The predicted octanol–water partition coefficient (Wildman–Crippen LogP) is 1.46. The summed E-state index contributed by atoms with van der Waals surface area (Å²) in [4.78, 5) is 15.1. The summed E-state index contributed by atoms with van der Waals surface area (Å²) in [6, 6.07) is 5.27. The number of ether oxygens (including phenoxy) is 1. The highest BCUT2D eigenvalue weighted by atomic mass is 16.5. The molecule has 0 unspecified atom stereocenters. The molecule has 1 heterocycles. The van der Waals surface area contributed by atoms with Crippen molar-refractivity contribution in [1.82, 2.24) is 4.98 Å². The SMILES string of the molecule is CCOC(=O)/C(C#N)=C\Nc1cccnc1. The molecule has 82 valence electrons. The molecule has 0 saturated carbocycles. The lowest BCUT2D eigenvalue weighted by Gasteiger charge is -2.01. The van der Waals surface area contributed by atoms with E-state index in [9.17, 15) is 4.79 Å². The van der Waals surface area contributed by atoms with Crippen LogP contribution in [0.15, 0.2) is 36.3 Å². The lowest BCUT2D eigenvalue weighted by molar-refractivity contribution is -0.138. The average molecular weight is 217 g/mol. The summed E-state index contributed by atoms with van der Waals surface area (Å²) in [5.41, 5.74) is 0.616. The van der Waals surface area contributed by atoms with E-state index in [0.29, 0.717) is 5.69 Å². The molecule has 0 aliphatic rings. The van der Waals surface area contributed by atoms with Crippen molar-refractivity contribution in [3.8, 4) is 6.07 Å². The van der Waals surface area contributed by atoms with E-state index >= 15 is 0 Å². The Morgan fingerprint density at radius 2 is 2.56 bits per heavy atom. The lowest BCUT2D eigenvalue weighted by Crippen LogP contribution is -2.07. The van der Waals surface area contributed by atoms with Gasteiger partial charge in [0.2, 0.25) is 0 Å². The fourth-order valence-corrected chi connectivity index (χ4v) is 0.949. The second-order valence-electron chi connectivity index (χ2n) is 2.78. The van der Waals surface area contributed by atoms with Crippen LogP contribution >= 0.6 is 0 Å². The zero-order valence-electron chi connectivity index (χ0n) is 8.80. The van der Waals surface area contributed by atoms with Crippen LogP contribution < -0.4 is 5.32 Å². The van der Waals surface area contributed by atoms with Crippen LogP contribution in [-0.4, -0.2) is 17.6 Å². The van der Waals surface area contributed by atoms with Gasteiger partial charge in [0.15, 0.2) is 5.57 Å². The molecule has 0 saturated heterocycles. The Bertz CT molecular complexity index is 421. The largest absolute Gasteiger partial charge is 0.462 e. The molecule has 0 spiro atoms. The molecule has 1 aromatic rings. The van der Waals surface area contributed by atoms with Gasteiger partial charge in [0.25, 0.3) is 0 Å². The van der Waals surface area contributed by atoms with Gasteiger partial charge in [-0.15, -0.1) is 0 Å². The summed E-state index contributed by atoms with van der Waals surface area (Å²) >= 11 is 0. The number of pyridine rings is 1. The standard InChI is InChI=1S/C11H11N3O2/c1-2-16-11(15)9(6-12)7-14-10-4-3-5-13-8-10/h3-5,7-8,14H,2H2,1H3/b9-7-. The molecule has 1 aromatic heterocycles. The van der Waals surface area contributed by atoms with Crippen molar-refractivity contribution < 1.29 is 9.53 Å². The van der Waals surface area contributed by atoms with Crippen LogP contribution in [0.25, 0.3) is 0 Å². The Labute approximate surface area is 93.4 Å². The molecular weight excluding hydrogens is 206 g/mol. The zero-order chi connectivity index (χ0) is 11.8. The minimum atomic E-state index is -0.638. The van der Waals surface area contributed by atoms with E-state index in [4.69, 9.17) is 10.00 Å². The maximum Gasteiger partial charge on any atom is 0.350 e. The summed E-state index contributed by atoms with van der Waals surface area (Å²) in [6.45, 7) is 1.92. The maximum atomic E-state index is 11.2. The monoisotopic (exact) mass is 217 g/mol. The molecule has 0 aliphatic carbocycles. The third-order valence-corrected chi connectivity index (χ3v) is 1.66. The van der Waals surface area contributed by atoms with Crippen molar-refractivity contribution in [2.75, 3.05) is 11.9 Å². The molecule has 5 nitrogen and oxygen atoms in total. The van der Waals surface area contributed by atoms with Crippen LogP contribution in [0.3, 0.4) is 0 Å². The van der Waals surface area contributed by atoms with E-state index in [0.717, 1.165) is 0 Å². The molecule has 0 amide bonds. The first-order chi connectivity index (χ1) is 7.77. The van der Waals surface area contributed by atoms with Gasteiger partial charge in [0.05, 0.1) is 18.5 Å². The van der Waals surface area contributed by atoms with Gasteiger partial charge in [-0.1, -0.05) is 0 Å². The first-order valence-electron chi connectivity index (χ1n) is 4.72. The summed E-state index contributed by atoms with van der Waals surface area (Å²) in [6.07, 6.45) is 4.51. The van der Waals surface area contributed by atoms with Gasteiger partial charge in [0.1, 0.15) is 6.07 Å². The van der Waals surface area contributed by atoms with Crippen molar-refractivity contribution in [2.24, 2.45) is 0 Å². The van der Waals surface area contributed by atoms with Crippen molar-refractivity contribution >= 4 is 11.7 Å². The molecule has 1 rings (SSSR count). The summed E-state index contributed by atoms with van der Waals surface area (Å²) < 4.78 is 4.70. The summed E-state index contributed by atoms with van der Waals surface area (Å²) in [7, 11) is 0. The Kier molecular flexibility index (Phi) is 4.54. The molecular formula is C11H11N3O2. The van der Waals surface area contributed by atoms with E-state index in [2.05, 4.69) is 10.3 Å². The normalized spacial score (nSPS) is 10.4. The second-order valence-corrected chi connectivity index (χ2v) is 2.78. The fraction of sp³-hybridized carbons (Fsp3) is 0.182. The number of nitriles is 1. The highest BCUT2D eigenvalue weighted by molar-refractivity contribution is 5.93. The van der Waals surface area contributed by atoms with Gasteiger partial charge < -0.3 is 10.1 Å². The quantitative estimate of drug-likeness (QED) is 0.469. The molecule has 5 heteroatoms. The number of hydrogen-bond acceptors (Lipinski definition) is 5. The van der Waals surface area contributed by atoms with Crippen LogP contribution in [0.4, 0.5) is 5.69 Å². The van der Waals surface area contributed by atoms with Crippen LogP contribution in [0.5, 0.6) is 0 Å². The number of aromatic nitrogens is 1. The number of nitrogens with zero attached hydrogens (tertiary/aromatic N) is 2. The molecule has 0 bridgehead atoms. The van der Waals surface area contributed by atoms with Crippen LogP contribution in [0.2, 0.25) is 0 Å². The minimum Gasteiger partial charge on any atom is -0.462 e. The average Bonchev–Trinajstić information content (AvgIpc) is 2.31. The Balaban J connectivity index is 2.68. The fourth-order valence-electron chi connectivity index (χ4n) is 0.949. The van der Waals surface area contributed by atoms with E-state index in [1.165, 1.54) is 6.20 Å². The Morgan fingerprint density at radius 1 is 1.75 bits per heavy atom. The number of carbonyl (C=O) groups is 1. The van der Waals surface area contributed by atoms with Gasteiger partial charge in [-0.25, -0.2) is 4.79 Å². The van der Waals surface area contributed by atoms with Gasteiger partial charge in [-0.3, -0.25) is 4.98 Å². The number of carbonyl (C=O) groups excluding carboxylic acids is 1. The van der Waals surface area contributed by atoms with E-state index in [-0.39, 0.29) is 12.2 Å². The number of esters is 1. The smallest absolute Gasteiger partial charge is 0.350 e. The third kappa shape index (κ3) is 3.42. The first-order valence-corrected chi connectivity index (χ1v) is 4.72. The maximum absolute atomic E-state index is 11.2.